The molecule has 0 radical (unpaired) electrons. The van der Waals surface area contributed by atoms with Crippen molar-refractivity contribution < 1.29 is 0 Å². The minimum Gasteiger partial charge on any atom is -0.271 e. The molecule has 0 aliphatic heterocycles. The lowest BCUT2D eigenvalue weighted by molar-refractivity contribution is 0.551. The molecule has 1 aromatic carbocycles. The van der Waals surface area contributed by atoms with Crippen LogP contribution in [0.15, 0.2) is 42.7 Å². The molecule has 3 nitrogen and oxygen atoms in total. The Morgan fingerprint density at radius 1 is 1.39 bits per heavy atom. The van der Waals surface area contributed by atoms with E-state index in [1.165, 1.54) is 11.1 Å². The minimum absolute atomic E-state index is 0.0118. The predicted octanol–water partition coefficient (Wildman–Crippen LogP) is 2.79. The van der Waals surface area contributed by atoms with Crippen LogP contribution in [-0.4, -0.2) is 4.98 Å². The zero-order valence-corrected chi connectivity index (χ0v) is 11.0. The van der Waals surface area contributed by atoms with Crippen molar-refractivity contribution in [2.24, 2.45) is 5.84 Å². The second kappa shape index (κ2) is 5.96. The first-order valence-corrected chi connectivity index (χ1v) is 6.19. The van der Waals surface area contributed by atoms with Gasteiger partial charge in [-0.3, -0.25) is 16.3 Å². The standard InChI is InChI=1S/C14H16ClN3/c1-10-3-2-4-11(7-10)8-14(18-16)12-5-6-17-9-13(12)15/h2-7,9,14,18H,8,16H2,1H3. The first-order valence-electron chi connectivity index (χ1n) is 5.82. The van der Waals surface area contributed by atoms with Crippen LogP contribution in [0.5, 0.6) is 0 Å². The molecular formula is C14H16ClN3. The van der Waals surface area contributed by atoms with Gasteiger partial charge in [-0.05, 0) is 30.5 Å². The minimum atomic E-state index is -0.0118. The van der Waals surface area contributed by atoms with Gasteiger partial charge in [0, 0.05) is 12.4 Å². The molecule has 1 atom stereocenters. The van der Waals surface area contributed by atoms with Crippen molar-refractivity contribution in [2.75, 3.05) is 0 Å². The third-order valence-electron chi connectivity index (χ3n) is 2.90. The molecule has 3 N–H and O–H groups in total. The lowest BCUT2D eigenvalue weighted by Gasteiger charge is -2.17. The maximum Gasteiger partial charge on any atom is 0.0637 e. The van der Waals surface area contributed by atoms with Crippen molar-refractivity contribution in [2.45, 2.75) is 19.4 Å². The summed E-state index contributed by atoms with van der Waals surface area (Å²) in [6.45, 7) is 2.08. The lowest BCUT2D eigenvalue weighted by Crippen LogP contribution is -2.29. The lowest BCUT2D eigenvalue weighted by atomic mass is 9.99. The van der Waals surface area contributed by atoms with Gasteiger partial charge < -0.3 is 0 Å². The van der Waals surface area contributed by atoms with Gasteiger partial charge in [0.2, 0.25) is 0 Å². The smallest absolute Gasteiger partial charge is 0.0637 e. The van der Waals surface area contributed by atoms with Crippen LogP contribution < -0.4 is 11.3 Å². The van der Waals surface area contributed by atoms with Crippen molar-refractivity contribution >= 4 is 11.6 Å². The van der Waals surface area contributed by atoms with Crippen molar-refractivity contribution in [3.8, 4) is 0 Å². The molecule has 94 valence electrons. The molecular weight excluding hydrogens is 246 g/mol. The van der Waals surface area contributed by atoms with Crippen LogP contribution in [0.25, 0.3) is 0 Å². The summed E-state index contributed by atoms with van der Waals surface area (Å²) in [4.78, 5) is 3.98. The number of pyridine rings is 1. The fourth-order valence-corrected chi connectivity index (χ4v) is 2.25. The van der Waals surface area contributed by atoms with Gasteiger partial charge in [-0.15, -0.1) is 0 Å². The molecule has 1 heterocycles. The molecule has 0 aliphatic rings. The summed E-state index contributed by atoms with van der Waals surface area (Å²) in [6, 6.07) is 10.2. The van der Waals surface area contributed by atoms with Gasteiger partial charge >= 0.3 is 0 Å². The van der Waals surface area contributed by atoms with Crippen LogP contribution in [0.1, 0.15) is 22.7 Å². The molecule has 0 aliphatic carbocycles. The first-order chi connectivity index (χ1) is 8.70. The van der Waals surface area contributed by atoms with Crippen molar-refractivity contribution in [1.82, 2.24) is 10.4 Å². The normalized spacial score (nSPS) is 12.4. The van der Waals surface area contributed by atoms with Gasteiger partial charge in [0.05, 0.1) is 11.1 Å². The summed E-state index contributed by atoms with van der Waals surface area (Å²) >= 11 is 6.14. The summed E-state index contributed by atoms with van der Waals surface area (Å²) in [5.74, 6) is 5.63. The van der Waals surface area contributed by atoms with Crippen LogP contribution in [0, 0.1) is 6.92 Å². The number of nitrogens with one attached hydrogen (secondary N) is 1. The van der Waals surface area contributed by atoms with E-state index in [0.717, 1.165) is 12.0 Å². The molecule has 0 saturated carbocycles. The maximum absolute atomic E-state index is 6.14. The maximum atomic E-state index is 6.14. The number of nitrogens with zero attached hydrogens (tertiary/aromatic N) is 1. The van der Waals surface area contributed by atoms with Gasteiger partial charge in [-0.25, -0.2) is 0 Å². The summed E-state index contributed by atoms with van der Waals surface area (Å²) in [7, 11) is 0. The van der Waals surface area contributed by atoms with E-state index in [9.17, 15) is 0 Å². The van der Waals surface area contributed by atoms with E-state index in [-0.39, 0.29) is 6.04 Å². The Bertz CT molecular complexity index is 528. The highest BCUT2D eigenvalue weighted by molar-refractivity contribution is 6.31. The van der Waals surface area contributed by atoms with E-state index in [1.54, 1.807) is 12.4 Å². The number of halogens is 1. The molecule has 2 aromatic rings. The summed E-state index contributed by atoms with van der Waals surface area (Å²) in [5.41, 5.74) is 6.25. The molecule has 1 aromatic heterocycles. The average Bonchev–Trinajstić information content (AvgIpc) is 2.37. The zero-order valence-electron chi connectivity index (χ0n) is 10.2. The molecule has 0 fully saturated rings. The third-order valence-corrected chi connectivity index (χ3v) is 3.22. The van der Waals surface area contributed by atoms with Gasteiger partial charge in [0.1, 0.15) is 0 Å². The Kier molecular flexibility index (Phi) is 4.31. The van der Waals surface area contributed by atoms with Gasteiger partial charge in [-0.1, -0.05) is 41.4 Å². The molecule has 2 rings (SSSR count). The number of hydrogen-bond acceptors (Lipinski definition) is 3. The van der Waals surface area contributed by atoms with E-state index in [4.69, 9.17) is 17.4 Å². The van der Waals surface area contributed by atoms with Crippen LogP contribution >= 0.6 is 11.6 Å². The monoisotopic (exact) mass is 261 g/mol. The first kappa shape index (κ1) is 13.0. The molecule has 1 unspecified atom stereocenters. The topological polar surface area (TPSA) is 50.9 Å². The zero-order chi connectivity index (χ0) is 13.0. The van der Waals surface area contributed by atoms with Crippen molar-refractivity contribution in [3.05, 3.63) is 64.4 Å². The number of benzene rings is 1. The highest BCUT2D eigenvalue weighted by atomic mass is 35.5. The Labute approximate surface area is 112 Å². The number of rotatable bonds is 4. The number of nitrogens with two attached hydrogens (primary N) is 1. The summed E-state index contributed by atoms with van der Waals surface area (Å²) in [5, 5.41) is 0.633. The van der Waals surface area contributed by atoms with E-state index in [1.807, 2.05) is 12.1 Å². The Balaban J connectivity index is 2.23. The number of aryl methyl sites for hydroxylation is 1. The van der Waals surface area contributed by atoms with E-state index >= 15 is 0 Å². The number of hydrogen-bond donors (Lipinski definition) is 2. The van der Waals surface area contributed by atoms with Gasteiger partial charge in [0.25, 0.3) is 0 Å². The van der Waals surface area contributed by atoms with E-state index in [0.29, 0.717) is 5.02 Å². The molecule has 0 spiro atoms. The average molecular weight is 262 g/mol. The van der Waals surface area contributed by atoms with Crippen LogP contribution in [0.4, 0.5) is 0 Å². The van der Waals surface area contributed by atoms with E-state index in [2.05, 4.69) is 35.5 Å². The fraction of sp³-hybridized carbons (Fsp3) is 0.214. The van der Waals surface area contributed by atoms with E-state index < -0.39 is 0 Å². The second-order valence-corrected chi connectivity index (χ2v) is 4.72. The Hall–Kier alpha value is -1.42. The molecule has 18 heavy (non-hydrogen) atoms. The van der Waals surface area contributed by atoms with Crippen LogP contribution in [0.2, 0.25) is 5.02 Å². The summed E-state index contributed by atoms with van der Waals surface area (Å²) in [6.07, 6.45) is 4.15. The Morgan fingerprint density at radius 3 is 2.89 bits per heavy atom. The number of hydrazine groups is 1. The van der Waals surface area contributed by atoms with Gasteiger partial charge in [0.15, 0.2) is 0 Å². The fourth-order valence-electron chi connectivity index (χ4n) is 2.00. The SMILES string of the molecule is Cc1cccc(CC(NN)c2ccncc2Cl)c1. The van der Waals surface area contributed by atoms with Gasteiger partial charge in [-0.2, -0.15) is 0 Å². The van der Waals surface area contributed by atoms with Crippen LogP contribution in [-0.2, 0) is 6.42 Å². The largest absolute Gasteiger partial charge is 0.271 e. The molecule has 4 heteroatoms. The number of aromatic nitrogens is 1. The summed E-state index contributed by atoms with van der Waals surface area (Å²) < 4.78 is 0. The van der Waals surface area contributed by atoms with Crippen molar-refractivity contribution in [1.29, 1.82) is 0 Å². The quantitative estimate of drug-likeness (QED) is 0.657. The molecule has 0 amide bonds. The second-order valence-electron chi connectivity index (χ2n) is 4.31. The third kappa shape index (κ3) is 3.07. The molecule has 0 bridgehead atoms. The molecule has 0 saturated heterocycles. The highest BCUT2D eigenvalue weighted by Gasteiger charge is 2.13. The predicted molar refractivity (Wildman–Crippen MR) is 74.2 cm³/mol. The Morgan fingerprint density at radius 2 is 2.22 bits per heavy atom. The van der Waals surface area contributed by atoms with Crippen LogP contribution in [0.3, 0.4) is 0 Å². The highest BCUT2D eigenvalue weighted by Crippen LogP contribution is 2.24. The van der Waals surface area contributed by atoms with Crippen molar-refractivity contribution in [3.63, 3.8) is 0 Å².